The molecule has 0 atom stereocenters. The molecule has 7 rings (SSSR count). The summed E-state index contributed by atoms with van der Waals surface area (Å²) in [6.45, 7) is 0. The topological polar surface area (TPSA) is 152 Å². The standard InChI is InChI=1S/C19H14F2O3P.2C9H6F3N3.Ir/c20-16-11-10-14(18(21)13-16)12-15-6-4-5-9-19(15)25(22,23,24)17-7-2-1-3-8-17;2*10-9(11,12)8-5-7(14-15-8)6-3-1-2-4-13-6;/h1-11,13H,12H2;2*1-5H,(H,14,15);/q-3;;;+3. The van der Waals surface area contributed by atoms with Gasteiger partial charge in [-0.2, -0.15) is 36.5 Å². The van der Waals surface area contributed by atoms with Crippen LogP contribution in [0.15, 0.2) is 134 Å². The first-order valence-corrected chi connectivity index (χ1v) is 17.8. The van der Waals surface area contributed by atoms with Gasteiger partial charge in [-0.3, -0.25) is 20.2 Å². The molecule has 3 aromatic carbocycles. The second kappa shape index (κ2) is 17.7. The number of hydrogen-bond donors (Lipinski definition) is 2. The number of alkyl halides is 6. The molecule has 2 N–H and O–H groups in total. The van der Waals surface area contributed by atoms with Gasteiger partial charge in [-0.05, 0) is 36.4 Å². The van der Waals surface area contributed by atoms with Crippen molar-refractivity contribution in [2.75, 3.05) is 0 Å². The van der Waals surface area contributed by atoms with Crippen LogP contribution in [0.25, 0.3) is 22.8 Å². The fourth-order valence-corrected chi connectivity index (χ4v) is 6.93. The third-order valence-corrected chi connectivity index (χ3v) is 10.1. The summed E-state index contributed by atoms with van der Waals surface area (Å²) in [5.74, 6) is -1.52. The van der Waals surface area contributed by atoms with E-state index in [-0.39, 0.29) is 54.3 Å². The zero-order valence-electron chi connectivity index (χ0n) is 28.2. The maximum atomic E-state index is 13.9. The van der Waals surface area contributed by atoms with Crippen molar-refractivity contribution in [3.63, 3.8) is 0 Å². The van der Waals surface area contributed by atoms with Gasteiger partial charge >= 0.3 is 176 Å². The van der Waals surface area contributed by atoms with Crippen molar-refractivity contribution < 1.29 is 69.9 Å². The zero-order chi connectivity index (χ0) is 39.9. The van der Waals surface area contributed by atoms with E-state index in [9.17, 15) is 49.8 Å². The normalized spacial score (nSPS) is 12.2. The summed E-state index contributed by atoms with van der Waals surface area (Å²) in [5, 5.41) is 10.2. The zero-order valence-corrected chi connectivity index (χ0v) is 31.5. The van der Waals surface area contributed by atoms with Crippen LogP contribution in [-0.4, -0.2) is 30.4 Å². The average Bonchev–Trinajstić information content (AvgIpc) is 3.87. The first-order valence-electron chi connectivity index (χ1n) is 15.8. The van der Waals surface area contributed by atoms with E-state index in [0.717, 1.165) is 24.3 Å². The van der Waals surface area contributed by atoms with E-state index in [1.807, 2.05) is 0 Å². The fraction of sp³-hybridized carbons (Fsp3) is 0.0811. The average molecular weight is 978 g/mol. The Balaban J connectivity index is 0.000000195. The molecule has 0 aliphatic rings. The Morgan fingerprint density at radius 3 is 1.48 bits per heavy atom. The molecule has 0 bridgehead atoms. The van der Waals surface area contributed by atoms with Gasteiger partial charge in [0, 0.05) is 12.4 Å². The van der Waals surface area contributed by atoms with Crippen LogP contribution in [0, 0.1) is 11.6 Å². The molecule has 19 heteroatoms. The predicted octanol–water partition coefficient (Wildman–Crippen LogP) is 5.86. The Labute approximate surface area is 326 Å². The molecule has 4 aromatic heterocycles. The van der Waals surface area contributed by atoms with Crippen molar-refractivity contribution in [2.24, 2.45) is 0 Å². The Morgan fingerprint density at radius 1 is 0.554 bits per heavy atom. The monoisotopic (exact) mass is 978 g/mol. The van der Waals surface area contributed by atoms with Crippen molar-refractivity contribution in [2.45, 2.75) is 18.8 Å². The molecule has 0 saturated heterocycles. The number of H-pyrrole nitrogens is 2. The van der Waals surface area contributed by atoms with E-state index in [1.165, 1.54) is 60.9 Å². The van der Waals surface area contributed by atoms with E-state index in [1.54, 1.807) is 48.5 Å². The number of hydrogen-bond acceptors (Lipinski definition) is 7. The van der Waals surface area contributed by atoms with Gasteiger partial charge in [0.25, 0.3) is 0 Å². The molecule has 7 aromatic rings. The van der Waals surface area contributed by atoms with Crippen LogP contribution in [0.5, 0.6) is 0 Å². The van der Waals surface area contributed by atoms with Gasteiger partial charge in [0.15, 0.2) is 11.4 Å². The molecule has 0 amide bonds. The summed E-state index contributed by atoms with van der Waals surface area (Å²) in [6.07, 6.45) is -5.99. The predicted molar refractivity (Wildman–Crippen MR) is 182 cm³/mol. The second-order valence-electron chi connectivity index (χ2n) is 11.5. The van der Waals surface area contributed by atoms with Crippen LogP contribution >= 0.6 is 7.28 Å². The number of aromatic amines is 2. The first kappa shape index (κ1) is 43.5. The first-order chi connectivity index (χ1) is 25.9. The molecule has 0 aliphatic heterocycles. The number of halogens is 8. The number of benzene rings is 3. The van der Waals surface area contributed by atoms with E-state index < -0.39 is 48.0 Å². The minimum atomic E-state index is -6.12. The Morgan fingerprint density at radius 2 is 1.04 bits per heavy atom. The molecule has 56 heavy (non-hydrogen) atoms. The second-order valence-corrected chi connectivity index (χ2v) is 14.3. The quantitative estimate of drug-likeness (QED) is 0.157. The molecule has 9 nitrogen and oxygen atoms in total. The van der Waals surface area contributed by atoms with Gasteiger partial charge in [-0.15, -0.1) is 0 Å². The summed E-state index contributed by atoms with van der Waals surface area (Å²) in [5.41, 5.74) is -0.249. The maximum absolute atomic E-state index is 13.9. The molecular weight excluding hydrogens is 952 g/mol. The number of nitrogens with one attached hydrogen (secondary N) is 2. The number of nitrogens with zero attached hydrogens (tertiary/aromatic N) is 4. The molecule has 0 spiro atoms. The van der Waals surface area contributed by atoms with Crippen LogP contribution < -0.4 is 25.3 Å². The van der Waals surface area contributed by atoms with Gasteiger partial charge in [0.1, 0.15) is 0 Å². The molecule has 0 radical (unpaired) electrons. The summed E-state index contributed by atoms with van der Waals surface area (Å²) >= 11 is 0. The summed E-state index contributed by atoms with van der Waals surface area (Å²) < 4.78 is 100. The van der Waals surface area contributed by atoms with Crippen LogP contribution in [0.4, 0.5) is 35.1 Å². The fourth-order valence-electron chi connectivity index (χ4n) is 4.97. The third-order valence-electron chi connectivity index (χ3n) is 7.62. The molecular formula is C37H26F8IrN6O3P. The van der Waals surface area contributed by atoms with E-state index in [2.05, 4.69) is 30.4 Å². The summed E-state index contributed by atoms with van der Waals surface area (Å²) in [6, 6.07) is 27.6. The van der Waals surface area contributed by atoms with Gasteiger partial charge in [-0.1, -0.05) is 12.1 Å². The van der Waals surface area contributed by atoms with E-state index in [0.29, 0.717) is 11.4 Å². The Bertz CT molecular complexity index is 2230. The van der Waals surface area contributed by atoms with E-state index >= 15 is 0 Å². The van der Waals surface area contributed by atoms with Crippen LogP contribution in [0.2, 0.25) is 0 Å². The van der Waals surface area contributed by atoms with Crippen molar-refractivity contribution in [3.8, 4) is 22.8 Å². The molecule has 0 unspecified atom stereocenters. The SMILES string of the molecule is FC(F)(F)c1cc(-c2ccccn2)[nH]n1.FC(F)(F)c1cc(-c2ccccn2)[nH]n1.[Ir+3].[O-]P([O-])([O-])(c1ccccc1)c1ccccc1Cc1ccc(F)cc1F. The number of rotatable bonds is 6. The van der Waals surface area contributed by atoms with Crippen LogP contribution in [-0.2, 0) is 38.9 Å². The van der Waals surface area contributed by atoms with Crippen molar-refractivity contribution in [1.29, 1.82) is 0 Å². The van der Waals surface area contributed by atoms with Gasteiger partial charge < -0.3 is 0 Å². The molecule has 0 fully saturated rings. The van der Waals surface area contributed by atoms with Crippen molar-refractivity contribution >= 4 is 17.9 Å². The van der Waals surface area contributed by atoms with Gasteiger partial charge in [0.2, 0.25) is 0 Å². The molecule has 292 valence electrons. The Hall–Kier alpha value is -5.22. The van der Waals surface area contributed by atoms with E-state index in [4.69, 9.17) is 0 Å². The third kappa shape index (κ3) is 11.0. The minimum absolute atomic E-state index is 0. The van der Waals surface area contributed by atoms with Crippen LogP contribution in [0.3, 0.4) is 0 Å². The van der Waals surface area contributed by atoms with Crippen molar-refractivity contribution in [3.05, 3.63) is 168 Å². The van der Waals surface area contributed by atoms with Gasteiger partial charge in [0.05, 0.1) is 22.8 Å². The number of aromatic nitrogens is 6. The van der Waals surface area contributed by atoms with Gasteiger partial charge in [-0.25, -0.2) is 0 Å². The molecule has 4 heterocycles. The molecule has 0 saturated carbocycles. The summed E-state index contributed by atoms with van der Waals surface area (Å²) in [4.78, 5) is 46.5. The van der Waals surface area contributed by atoms with Crippen LogP contribution in [0.1, 0.15) is 22.5 Å². The van der Waals surface area contributed by atoms with Crippen molar-refractivity contribution in [1.82, 2.24) is 30.4 Å². The Kier molecular flexibility index (Phi) is 13.8. The molecule has 0 aliphatic carbocycles. The summed E-state index contributed by atoms with van der Waals surface area (Å²) in [7, 11) is -6.12. The number of pyridine rings is 2.